The lowest BCUT2D eigenvalue weighted by Crippen LogP contribution is -2.10. The Hall–Kier alpha value is -1.38. The zero-order chi connectivity index (χ0) is 9.54. The van der Waals surface area contributed by atoms with E-state index in [4.69, 9.17) is 4.74 Å². The molecule has 3 rings (SSSR count). The summed E-state index contributed by atoms with van der Waals surface area (Å²) < 4.78 is 5.25. The van der Waals surface area contributed by atoms with Gasteiger partial charge in [-0.05, 0) is 16.3 Å². The predicted molar refractivity (Wildman–Crippen MR) is 53.7 cm³/mol. The average molecular weight is 186 g/mol. The van der Waals surface area contributed by atoms with E-state index in [2.05, 4.69) is 12.1 Å². The second-order valence-corrected chi connectivity index (χ2v) is 3.53. The van der Waals surface area contributed by atoms with E-state index in [0.717, 1.165) is 16.5 Å². The zero-order valence-electron chi connectivity index (χ0n) is 7.60. The van der Waals surface area contributed by atoms with Gasteiger partial charge in [-0.25, -0.2) is 0 Å². The Labute approximate surface area is 81.7 Å². The van der Waals surface area contributed by atoms with E-state index < -0.39 is 6.29 Å². The maximum Gasteiger partial charge on any atom is 0.182 e. The van der Waals surface area contributed by atoms with Crippen molar-refractivity contribution in [1.82, 2.24) is 0 Å². The highest BCUT2D eigenvalue weighted by Crippen LogP contribution is 2.33. The minimum Gasteiger partial charge on any atom is -0.364 e. The molecule has 0 bridgehead atoms. The maximum absolute atomic E-state index is 9.65. The second-order valence-electron chi connectivity index (χ2n) is 3.53. The SMILES string of the molecule is OC1OCc2cccc3cccc1c23. The molecule has 2 aromatic rings. The molecule has 2 aromatic carbocycles. The fourth-order valence-corrected chi connectivity index (χ4v) is 2.03. The van der Waals surface area contributed by atoms with Crippen LogP contribution in [0.15, 0.2) is 36.4 Å². The van der Waals surface area contributed by atoms with Crippen LogP contribution in [0.1, 0.15) is 17.4 Å². The van der Waals surface area contributed by atoms with Gasteiger partial charge in [-0.15, -0.1) is 0 Å². The molecule has 0 spiro atoms. The van der Waals surface area contributed by atoms with Crippen molar-refractivity contribution in [2.75, 3.05) is 0 Å². The van der Waals surface area contributed by atoms with Crippen molar-refractivity contribution in [3.63, 3.8) is 0 Å². The van der Waals surface area contributed by atoms with E-state index in [0.29, 0.717) is 6.61 Å². The molecule has 1 heterocycles. The van der Waals surface area contributed by atoms with Crippen LogP contribution in [0.3, 0.4) is 0 Å². The molecule has 1 aliphatic heterocycles. The van der Waals surface area contributed by atoms with Crippen molar-refractivity contribution < 1.29 is 9.84 Å². The Morgan fingerprint density at radius 1 is 1.14 bits per heavy atom. The fraction of sp³-hybridized carbons (Fsp3) is 0.167. The summed E-state index contributed by atoms with van der Waals surface area (Å²) in [5, 5.41) is 12.0. The first-order valence-corrected chi connectivity index (χ1v) is 4.66. The summed E-state index contributed by atoms with van der Waals surface area (Å²) in [5.41, 5.74) is 2.03. The first-order valence-electron chi connectivity index (χ1n) is 4.66. The summed E-state index contributed by atoms with van der Waals surface area (Å²) in [5.74, 6) is 0. The zero-order valence-corrected chi connectivity index (χ0v) is 7.60. The van der Waals surface area contributed by atoms with Crippen LogP contribution >= 0.6 is 0 Å². The maximum atomic E-state index is 9.65. The average Bonchev–Trinajstić information content (AvgIpc) is 2.24. The van der Waals surface area contributed by atoms with Gasteiger partial charge >= 0.3 is 0 Å². The number of benzene rings is 2. The molecule has 1 N–H and O–H groups in total. The quantitative estimate of drug-likeness (QED) is 0.684. The number of hydrogen-bond acceptors (Lipinski definition) is 2. The normalized spacial score (nSPS) is 19.9. The third-order valence-corrected chi connectivity index (χ3v) is 2.69. The van der Waals surface area contributed by atoms with Gasteiger partial charge in [0.15, 0.2) is 6.29 Å². The lowest BCUT2D eigenvalue weighted by atomic mass is 9.97. The Morgan fingerprint density at radius 2 is 1.93 bits per heavy atom. The van der Waals surface area contributed by atoms with E-state index in [9.17, 15) is 5.11 Å². The lowest BCUT2D eigenvalue weighted by Gasteiger charge is -2.22. The first kappa shape index (κ1) is 7.97. The van der Waals surface area contributed by atoms with E-state index in [1.54, 1.807) is 0 Å². The number of aliphatic hydroxyl groups is 1. The van der Waals surface area contributed by atoms with Gasteiger partial charge < -0.3 is 9.84 Å². The standard InChI is InChI=1S/C12H10O2/c13-12-10-6-2-4-8-3-1-5-9(7-14-12)11(8)10/h1-6,12-13H,7H2. The van der Waals surface area contributed by atoms with Crippen LogP contribution < -0.4 is 0 Å². The van der Waals surface area contributed by atoms with Crippen molar-refractivity contribution in [3.8, 4) is 0 Å². The molecule has 2 nitrogen and oxygen atoms in total. The summed E-state index contributed by atoms with van der Waals surface area (Å²) in [4.78, 5) is 0. The van der Waals surface area contributed by atoms with Crippen LogP contribution in [0.25, 0.3) is 10.8 Å². The minimum atomic E-state index is -0.770. The molecular weight excluding hydrogens is 176 g/mol. The van der Waals surface area contributed by atoms with E-state index in [-0.39, 0.29) is 0 Å². The van der Waals surface area contributed by atoms with Crippen molar-refractivity contribution >= 4 is 10.8 Å². The van der Waals surface area contributed by atoms with Crippen molar-refractivity contribution in [1.29, 1.82) is 0 Å². The summed E-state index contributed by atoms with van der Waals surface area (Å²) in [6.07, 6.45) is -0.770. The molecule has 70 valence electrons. The Balaban J connectivity index is 2.46. The van der Waals surface area contributed by atoms with Crippen molar-refractivity contribution in [2.24, 2.45) is 0 Å². The molecule has 1 unspecified atom stereocenters. The molecule has 0 amide bonds. The van der Waals surface area contributed by atoms with E-state index in [1.165, 1.54) is 5.39 Å². The van der Waals surface area contributed by atoms with Gasteiger partial charge in [0.2, 0.25) is 0 Å². The van der Waals surface area contributed by atoms with E-state index >= 15 is 0 Å². The van der Waals surface area contributed by atoms with Gasteiger partial charge in [-0.2, -0.15) is 0 Å². The highest BCUT2D eigenvalue weighted by molar-refractivity contribution is 5.89. The third kappa shape index (κ3) is 0.983. The second kappa shape index (κ2) is 2.80. The Kier molecular flexibility index (Phi) is 1.60. The van der Waals surface area contributed by atoms with Crippen LogP contribution in [-0.2, 0) is 11.3 Å². The Bertz CT molecular complexity index is 485. The molecule has 0 radical (unpaired) electrons. The molecule has 2 heteroatoms. The number of aliphatic hydroxyl groups excluding tert-OH is 1. The third-order valence-electron chi connectivity index (χ3n) is 2.69. The van der Waals surface area contributed by atoms with Crippen LogP contribution in [0.2, 0.25) is 0 Å². The molecule has 0 saturated carbocycles. The predicted octanol–water partition coefficient (Wildman–Crippen LogP) is 2.36. The fourth-order valence-electron chi connectivity index (χ4n) is 2.03. The molecule has 0 fully saturated rings. The highest BCUT2D eigenvalue weighted by atomic mass is 16.6. The Morgan fingerprint density at radius 3 is 2.79 bits per heavy atom. The van der Waals surface area contributed by atoms with Gasteiger partial charge in [-0.3, -0.25) is 0 Å². The highest BCUT2D eigenvalue weighted by Gasteiger charge is 2.19. The van der Waals surface area contributed by atoms with Gasteiger partial charge in [0.25, 0.3) is 0 Å². The van der Waals surface area contributed by atoms with Gasteiger partial charge in [-0.1, -0.05) is 36.4 Å². The number of ether oxygens (including phenoxy) is 1. The smallest absolute Gasteiger partial charge is 0.182 e. The molecule has 1 aliphatic rings. The topological polar surface area (TPSA) is 29.5 Å². The summed E-state index contributed by atoms with van der Waals surface area (Å²) in [6, 6.07) is 12.0. The molecule has 0 aromatic heterocycles. The van der Waals surface area contributed by atoms with Crippen LogP contribution in [0.4, 0.5) is 0 Å². The number of rotatable bonds is 0. The van der Waals surface area contributed by atoms with Crippen LogP contribution in [0.5, 0.6) is 0 Å². The first-order chi connectivity index (χ1) is 6.86. The molecule has 0 saturated heterocycles. The monoisotopic (exact) mass is 186 g/mol. The van der Waals surface area contributed by atoms with Gasteiger partial charge in [0, 0.05) is 5.56 Å². The molecule has 1 atom stereocenters. The largest absolute Gasteiger partial charge is 0.364 e. The van der Waals surface area contributed by atoms with Gasteiger partial charge in [0.1, 0.15) is 0 Å². The van der Waals surface area contributed by atoms with Crippen molar-refractivity contribution in [2.45, 2.75) is 12.9 Å². The molecular formula is C12H10O2. The van der Waals surface area contributed by atoms with E-state index in [1.807, 2.05) is 24.3 Å². The lowest BCUT2D eigenvalue weighted by molar-refractivity contribution is -0.114. The van der Waals surface area contributed by atoms with Crippen molar-refractivity contribution in [3.05, 3.63) is 47.5 Å². The summed E-state index contributed by atoms with van der Waals surface area (Å²) >= 11 is 0. The van der Waals surface area contributed by atoms with Crippen LogP contribution in [0, 0.1) is 0 Å². The van der Waals surface area contributed by atoms with Crippen LogP contribution in [-0.4, -0.2) is 5.11 Å². The number of hydrogen-bond donors (Lipinski definition) is 1. The summed E-state index contributed by atoms with van der Waals surface area (Å²) in [6.45, 7) is 0.496. The molecule has 0 aliphatic carbocycles. The molecule has 14 heavy (non-hydrogen) atoms. The van der Waals surface area contributed by atoms with Gasteiger partial charge in [0.05, 0.1) is 6.61 Å². The summed E-state index contributed by atoms with van der Waals surface area (Å²) in [7, 11) is 0. The minimum absolute atomic E-state index is 0.496.